The lowest BCUT2D eigenvalue weighted by Gasteiger charge is -2.39. The molecule has 0 heterocycles. The van der Waals surface area contributed by atoms with Crippen molar-refractivity contribution in [2.75, 3.05) is 6.61 Å². The van der Waals surface area contributed by atoms with Gasteiger partial charge in [-0.05, 0) is 25.7 Å². The zero-order valence-electron chi connectivity index (χ0n) is 8.17. The second kappa shape index (κ2) is 3.78. The molecule has 0 atom stereocenters. The predicted octanol–water partition coefficient (Wildman–Crippen LogP) is 1.88. The molecular weight excluding hydrogens is 166 g/mol. The number of ether oxygens (including phenoxy) is 1. The molecule has 0 amide bonds. The highest BCUT2D eigenvalue weighted by atomic mass is 16.5. The molecular formula is C10H15NO2. The van der Waals surface area contributed by atoms with E-state index in [1.165, 1.54) is 0 Å². The molecule has 0 saturated heterocycles. The molecule has 0 aromatic rings. The van der Waals surface area contributed by atoms with Crippen LogP contribution in [0, 0.1) is 22.7 Å². The highest BCUT2D eigenvalue weighted by Crippen LogP contribution is 2.47. The van der Waals surface area contributed by atoms with Crippen molar-refractivity contribution in [2.24, 2.45) is 11.3 Å². The van der Waals surface area contributed by atoms with Crippen LogP contribution in [0.15, 0.2) is 0 Å². The first-order chi connectivity index (χ1) is 6.18. The largest absolute Gasteiger partial charge is 0.465 e. The number of esters is 1. The van der Waals surface area contributed by atoms with E-state index in [2.05, 4.69) is 13.0 Å². The first-order valence-corrected chi connectivity index (χ1v) is 4.77. The second-order valence-electron chi connectivity index (χ2n) is 3.60. The van der Waals surface area contributed by atoms with Crippen molar-refractivity contribution in [3.05, 3.63) is 0 Å². The molecule has 0 aromatic carbocycles. The van der Waals surface area contributed by atoms with Crippen molar-refractivity contribution in [1.29, 1.82) is 5.26 Å². The standard InChI is InChI=1S/C10H15NO2/c1-3-8-5-10(6-8,7-11)9(12)13-4-2/h8H,3-6H2,1-2H3. The molecule has 72 valence electrons. The maximum atomic E-state index is 11.4. The molecule has 0 spiro atoms. The summed E-state index contributed by atoms with van der Waals surface area (Å²) in [6.07, 6.45) is 2.40. The van der Waals surface area contributed by atoms with Gasteiger partial charge in [0.2, 0.25) is 0 Å². The minimum atomic E-state index is -0.809. The van der Waals surface area contributed by atoms with Crippen LogP contribution in [-0.4, -0.2) is 12.6 Å². The maximum Gasteiger partial charge on any atom is 0.326 e. The van der Waals surface area contributed by atoms with E-state index in [4.69, 9.17) is 10.00 Å². The Hall–Kier alpha value is -1.04. The van der Waals surface area contributed by atoms with E-state index in [0.29, 0.717) is 25.4 Å². The summed E-state index contributed by atoms with van der Waals surface area (Å²) < 4.78 is 4.87. The highest BCUT2D eigenvalue weighted by Gasteiger charge is 2.51. The van der Waals surface area contributed by atoms with Crippen LogP contribution in [-0.2, 0) is 9.53 Å². The summed E-state index contributed by atoms with van der Waals surface area (Å²) in [6.45, 7) is 4.20. The quantitative estimate of drug-likeness (QED) is 0.624. The van der Waals surface area contributed by atoms with Gasteiger partial charge in [-0.3, -0.25) is 4.79 Å². The first-order valence-electron chi connectivity index (χ1n) is 4.77. The summed E-state index contributed by atoms with van der Waals surface area (Å²) in [6, 6.07) is 2.09. The molecule has 0 unspecified atom stereocenters. The van der Waals surface area contributed by atoms with Gasteiger partial charge < -0.3 is 4.74 Å². The summed E-state index contributed by atoms with van der Waals surface area (Å²) in [5.74, 6) is 0.200. The van der Waals surface area contributed by atoms with Gasteiger partial charge in [0.05, 0.1) is 12.7 Å². The fraction of sp³-hybridized carbons (Fsp3) is 0.800. The molecule has 1 aliphatic rings. The van der Waals surface area contributed by atoms with Crippen molar-refractivity contribution >= 4 is 5.97 Å². The number of nitriles is 1. The highest BCUT2D eigenvalue weighted by molar-refractivity contribution is 5.81. The molecule has 1 rings (SSSR count). The van der Waals surface area contributed by atoms with Gasteiger partial charge in [0.1, 0.15) is 0 Å². The number of carbonyl (C=O) groups excluding carboxylic acids is 1. The molecule has 0 aromatic heterocycles. The minimum absolute atomic E-state index is 0.331. The van der Waals surface area contributed by atoms with E-state index >= 15 is 0 Å². The Morgan fingerprint density at radius 1 is 1.62 bits per heavy atom. The van der Waals surface area contributed by atoms with Gasteiger partial charge in [-0.1, -0.05) is 13.3 Å². The molecule has 0 aliphatic heterocycles. The van der Waals surface area contributed by atoms with Gasteiger partial charge in [0.25, 0.3) is 0 Å². The van der Waals surface area contributed by atoms with E-state index in [0.717, 1.165) is 6.42 Å². The number of nitrogens with zero attached hydrogens (tertiary/aromatic N) is 1. The van der Waals surface area contributed by atoms with E-state index < -0.39 is 5.41 Å². The third-order valence-electron chi connectivity index (χ3n) is 2.73. The lowest BCUT2D eigenvalue weighted by molar-refractivity contribution is -0.159. The minimum Gasteiger partial charge on any atom is -0.465 e. The van der Waals surface area contributed by atoms with Gasteiger partial charge in [-0.2, -0.15) is 5.26 Å². The first kappa shape index (κ1) is 10.0. The van der Waals surface area contributed by atoms with E-state index in [9.17, 15) is 4.79 Å². The summed E-state index contributed by atoms with van der Waals surface area (Å²) in [5.41, 5.74) is -0.809. The number of carbonyl (C=O) groups is 1. The van der Waals surface area contributed by atoms with Gasteiger partial charge in [0.15, 0.2) is 5.41 Å². The van der Waals surface area contributed by atoms with Gasteiger partial charge >= 0.3 is 5.97 Å². The maximum absolute atomic E-state index is 11.4. The average Bonchev–Trinajstić information content (AvgIpc) is 2.04. The van der Waals surface area contributed by atoms with Crippen LogP contribution in [0.1, 0.15) is 33.1 Å². The average molecular weight is 181 g/mol. The molecule has 0 radical (unpaired) electrons. The zero-order valence-corrected chi connectivity index (χ0v) is 8.17. The second-order valence-corrected chi connectivity index (χ2v) is 3.60. The van der Waals surface area contributed by atoms with E-state index in [-0.39, 0.29) is 5.97 Å². The Bertz CT molecular complexity index is 236. The van der Waals surface area contributed by atoms with Crippen LogP contribution in [0.5, 0.6) is 0 Å². The molecule has 0 bridgehead atoms. The Morgan fingerprint density at radius 3 is 2.62 bits per heavy atom. The fourth-order valence-electron chi connectivity index (χ4n) is 1.79. The Labute approximate surface area is 78.7 Å². The molecule has 3 heteroatoms. The smallest absolute Gasteiger partial charge is 0.326 e. The topological polar surface area (TPSA) is 50.1 Å². The Morgan fingerprint density at radius 2 is 2.23 bits per heavy atom. The van der Waals surface area contributed by atoms with Gasteiger partial charge in [-0.15, -0.1) is 0 Å². The normalized spacial score (nSPS) is 31.6. The molecule has 3 nitrogen and oxygen atoms in total. The molecule has 1 aliphatic carbocycles. The lowest BCUT2D eigenvalue weighted by Crippen LogP contribution is -2.43. The SMILES string of the molecule is CCOC(=O)C1(C#N)CC(CC)C1. The third-order valence-corrected chi connectivity index (χ3v) is 2.73. The van der Waals surface area contributed by atoms with Crippen LogP contribution >= 0.6 is 0 Å². The number of rotatable bonds is 3. The van der Waals surface area contributed by atoms with Crippen molar-refractivity contribution in [3.8, 4) is 6.07 Å². The Balaban J connectivity index is 2.55. The van der Waals surface area contributed by atoms with Crippen LogP contribution < -0.4 is 0 Å². The van der Waals surface area contributed by atoms with Crippen LogP contribution in [0.2, 0.25) is 0 Å². The third kappa shape index (κ3) is 1.67. The summed E-state index contributed by atoms with van der Waals surface area (Å²) in [5, 5.41) is 8.90. The van der Waals surface area contributed by atoms with Gasteiger partial charge in [-0.25, -0.2) is 0 Å². The lowest BCUT2D eigenvalue weighted by atomic mass is 9.62. The summed E-state index contributed by atoms with van der Waals surface area (Å²) in [4.78, 5) is 11.4. The van der Waals surface area contributed by atoms with Crippen molar-refractivity contribution < 1.29 is 9.53 Å². The molecule has 1 saturated carbocycles. The number of hydrogen-bond donors (Lipinski definition) is 0. The van der Waals surface area contributed by atoms with Gasteiger partial charge in [0, 0.05) is 0 Å². The fourth-order valence-corrected chi connectivity index (χ4v) is 1.79. The Kier molecular flexibility index (Phi) is 2.92. The van der Waals surface area contributed by atoms with Crippen LogP contribution in [0.3, 0.4) is 0 Å². The van der Waals surface area contributed by atoms with Crippen LogP contribution in [0.25, 0.3) is 0 Å². The van der Waals surface area contributed by atoms with Crippen molar-refractivity contribution in [3.63, 3.8) is 0 Å². The zero-order chi connectivity index (χ0) is 9.90. The molecule has 1 fully saturated rings. The van der Waals surface area contributed by atoms with Crippen molar-refractivity contribution in [2.45, 2.75) is 33.1 Å². The molecule has 13 heavy (non-hydrogen) atoms. The van der Waals surface area contributed by atoms with E-state index in [1.54, 1.807) is 6.92 Å². The molecule has 0 N–H and O–H groups in total. The number of hydrogen-bond acceptors (Lipinski definition) is 3. The monoisotopic (exact) mass is 181 g/mol. The van der Waals surface area contributed by atoms with Crippen molar-refractivity contribution in [1.82, 2.24) is 0 Å². The predicted molar refractivity (Wildman–Crippen MR) is 47.7 cm³/mol. The van der Waals surface area contributed by atoms with Crippen LogP contribution in [0.4, 0.5) is 0 Å². The summed E-state index contributed by atoms with van der Waals surface area (Å²) in [7, 11) is 0. The van der Waals surface area contributed by atoms with E-state index in [1.807, 2.05) is 0 Å². The summed E-state index contributed by atoms with van der Waals surface area (Å²) >= 11 is 0.